The number of hydrogen-bond donors (Lipinski definition) is 0. The third-order valence-electron chi connectivity index (χ3n) is 10.9. The van der Waals surface area contributed by atoms with Crippen LogP contribution < -0.4 is 0 Å². The topological polar surface area (TPSA) is 38.8 Å². The fourth-order valence-electron chi connectivity index (χ4n) is 8.23. The molecular weight excluding hydrogens is 556 g/mol. The Morgan fingerprint density at radius 1 is 0.698 bits per heavy atom. The van der Waals surface area contributed by atoms with Gasteiger partial charge in [-0.1, -0.05) is 37.6 Å². The van der Waals surface area contributed by atoms with Gasteiger partial charge in [0.25, 0.3) is 0 Å². The Balaban J connectivity index is 0.932. The van der Waals surface area contributed by atoms with Crippen molar-refractivity contribution < 1.29 is 31.8 Å². The van der Waals surface area contributed by atoms with Crippen LogP contribution in [-0.4, -0.2) is 18.7 Å². The van der Waals surface area contributed by atoms with E-state index in [2.05, 4.69) is 0 Å². The van der Waals surface area contributed by atoms with Crippen molar-refractivity contribution in [1.29, 1.82) is 0 Å². The smallest absolute Gasteiger partial charge is 0.309 e. The van der Waals surface area contributed by atoms with Gasteiger partial charge in [0.05, 0.1) is 12.5 Å². The maximum atomic E-state index is 14.8. The molecule has 1 aliphatic heterocycles. The molecule has 0 N–H and O–H groups in total. The van der Waals surface area contributed by atoms with Crippen LogP contribution in [0, 0.1) is 41.0 Å². The highest BCUT2D eigenvalue weighted by Crippen LogP contribution is 2.46. The number of halogens is 4. The lowest BCUT2D eigenvalue weighted by Gasteiger charge is -2.38. The minimum atomic E-state index is -0.748. The zero-order valence-corrected chi connectivity index (χ0v) is 25.2. The summed E-state index contributed by atoms with van der Waals surface area (Å²) in [5.74, 6) is -1.92. The zero-order valence-electron chi connectivity index (χ0n) is 25.2. The molecule has 0 aromatic heterocycles. The quantitative estimate of drug-likeness (QED) is 0.172. The maximum Gasteiger partial charge on any atom is 0.309 e. The Morgan fingerprint density at radius 2 is 1.19 bits per heavy atom. The molecule has 4 aliphatic rings. The van der Waals surface area contributed by atoms with Crippen molar-refractivity contribution in [3.63, 3.8) is 0 Å². The molecule has 1 saturated heterocycles. The highest BCUT2D eigenvalue weighted by atomic mass is 19.2. The van der Waals surface area contributed by atoms with E-state index in [1.54, 1.807) is 24.3 Å². The van der Waals surface area contributed by atoms with E-state index in [0.29, 0.717) is 72.8 Å². The normalized spacial score (nSPS) is 31.0. The van der Waals surface area contributed by atoms with Gasteiger partial charge in [0.1, 0.15) is 12.2 Å². The Bertz CT molecular complexity index is 1280. The molecule has 43 heavy (non-hydrogen) atoms. The minimum absolute atomic E-state index is 0.0436. The van der Waals surface area contributed by atoms with Gasteiger partial charge in [0, 0.05) is 5.56 Å². The Morgan fingerprint density at radius 3 is 1.77 bits per heavy atom. The van der Waals surface area contributed by atoms with Crippen LogP contribution in [0.5, 0.6) is 0 Å². The van der Waals surface area contributed by atoms with Crippen LogP contribution in [0.25, 0.3) is 0 Å². The maximum absolute atomic E-state index is 14.8. The molecule has 1 heterocycles. The van der Waals surface area contributed by atoms with Crippen molar-refractivity contribution >= 4 is 5.97 Å². The van der Waals surface area contributed by atoms with Crippen LogP contribution in [0.3, 0.4) is 0 Å². The number of carbonyl (C=O) groups excluding carboxylic acids is 1. The molecule has 1 unspecified atom stereocenters. The number of hydrogen-bond acceptors (Lipinski definition) is 3. The molecule has 2 aromatic rings. The number of rotatable bonds is 8. The van der Waals surface area contributed by atoms with Gasteiger partial charge in [0.15, 0.2) is 23.3 Å². The van der Waals surface area contributed by atoms with Crippen molar-refractivity contribution in [1.82, 2.24) is 0 Å². The van der Waals surface area contributed by atoms with E-state index >= 15 is 0 Å². The van der Waals surface area contributed by atoms with Crippen LogP contribution in [-0.2, 0) is 20.7 Å². The molecule has 234 valence electrons. The zero-order chi connectivity index (χ0) is 30.1. The molecule has 0 amide bonds. The van der Waals surface area contributed by atoms with Gasteiger partial charge >= 0.3 is 5.97 Å². The van der Waals surface area contributed by atoms with Gasteiger partial charge in [-0.05, 0) is 124 Å². The number of aryl methyl sites for hydroxylation is 1. The highest BCUT2D eigenvalue weighted by molar-refractivity contribution is 5.72. The molecule has 7 heteroatoms. The summed E-state index contributed by atoms with van der Waals surface area (Å²) in [5.41, 5.74) is 1.72. The van der Waals surface area contributed by atoms with Crippen LogP contribution in [0.1, 0.15) is 131 Å². The Labute approximate surface area is 252 Å². The first-order chi connectivity index (χ1) is 20.8. The molecule has 1 atom stereocenters. The highest BCUT2D eigenvalue weighted by Gasteiger charge is 2.37. The third kappa shape index (κ3) is 6.67. The predicted molar refractivity (Wildman–Crippen MR) is 157 cm³/mol. The van der Waals surface area contributed by atoms with E-state index < -0.39 is 23.3 Å². The van der Waals surface area contributed by atoms with Gasteiger partial charge in [-0.25, -0.2) is 17.6 Å². The summed E-state index contributed by atoms with van der Waals surface area (Å²) in [6, 6.07) is 6.91. The van der Waals surface area contributed by atoms with E-state index in [-0.39, 0.29) is 35.9 Å². The Kier molecular flexibility index (Phi) is 9.46. The molecule has 2 aromatic carbocycles. The van der Waals surface area contributed by atoms with Gasteiger partial charge in [-0.2, -0.15) is 0 Å². The standard InChI is InChI=1S/C36H44F4O3/c1-2-3-25-14-17-28(33(38)32(25)37)24-12-15-27(16-13-24)43-36(41)26-10-6-22(7-11-26)21-4-8-23(9-5-21)29-18-19-30(31-20-42-31)35(40)34(29)39/h14,17-19,21-24,26-27,31H,2-13,15-16,20H2,1H3. The van der Waals surface area contributed by atoms with E-state index in [1.807, 2.05) is 6.92 Å². The minimum Gasteiger partial charge on any atom is -0.462 e. The number of carbonyl (C=O) groups is 1. The lowest BCUT2D eigenvalue weighted by molar-refractivity contribution is -0.157. The van der Waals surface area contributed by atoms with Crippen molar-refractivity contribution in [2.24, 2.45) is 17.8 Å². The largest absolute Gasteiger partial charge is 0.462 e. The molecule has 4 fully saturated rings. The number of epoxide rings is 1. The fourth-order valence-corrected chi connectivity index (χ4v) is 8.23. The summed E-state index contributed by atoms with van der Waals surface area (Å²) in [7, 11) is 0. The Hall–Kier alpha value is -2.41. The number of benzene rings is 2. The van der Waals surface area contributed by atoms with Gasteiger partial charge in [0.2, 0.25) is 0 Å². The average molecular weight is 601 g/mol. The monoisotopic (exact) mass is 600 g/mol. The lowest BCUT2D eigenvalue weighted by atomic mass is 9.68. The molecule has 3 nitrogen and oxygen atoms in total. The summed E-state index contributed by atoms with van der Waals surface area (Å²) in [6.07, 6.45) is 11.0. The second-order valence-corrected chi connectivity index (χ2v) is 13.5. The summed E-state index contributed by atoms with van der Waals surface area (Å²) >= 11 is 0. The average Bonchev–Trinajstić information content (AvgIpc) is 3.87. The first-order valence-corrected chi connectivity index (χ1v) is 16.6. The summed E-state index contributed by atoms with van der Waals surface area (Å²) in [4.78, 5) is 13.0. The number of ether oxygens (including phenoxy) is 2. The second-order valence-electron chi connectivity index (χ2n) is 13.5. The second kappa shape index (κ2) is 13.3. The van der Waals surface area contributed by atoms with Crippen molar-refractivity contribution in [3.05, 3.63) is 69.8 Å². The summed E-state index contributed by atoms with van der Waals surface area (Å²) < 4.78 is 69.7. The van der Waals surface area contributed by atoms with Crippen LogP contribution in [0.15, 0.2) is 24.3 Å². The van der Waals surface area contributed by atoms with Gasteiger partial charge in [-0.3, -0.25) is 4.79 Å². The lowest BCUT2D eigenvalue weighted by Crippen LogP contribution is -2.32. The van der Waals surface area contributed by atoms with Gasteiger partial charge < -0.3 is 9.47 Å². The van der Waals surface area contributed by atoms with Crippen molar-refractivity contribution in [2.75, 3.05) is 6.61 Å². The van der Waals surface area contributed by atoms with E-state index in [1.165, 1.54) is 0 Å². The first kappa shape index (κ1) is 30.6. The molecule has 0 bridgehead atoms. The van der Waals surface area contributed by atoms with Crippen molar-refractivity contribution in [2.45, 2.75) is 121 Å². The first-order valence-electron chi connectivity index (χ1n) is 16.6. The molecule has 0 spiro atoms. The molecule has 0 radical (unpaired) electrons. The molecule has 3 saturated carbocycles. The van der Waals surface area contributed by atoms with Crippen LogP contribution in [0.2, 0.25) is 0 Å². The van der Waals surface area contributed by atoms with Gasteiger partial charge in [-0.15, -0.1) is 0 Å². The summed E-state index contributed by atoms with van der Waals surface area (Å²) in [6.45, 7) is 2.41. The van der Waals surface area contributed by atoms with E-state index in [4.69, 9.17) is 9.47 Å². The third-order valence-corrected chi connectivity index (χ3v) is 10.9. The van der Waals surface area contributed by atoms with Crippen molar-refractivity contribution in [3.8, 4) is 0 Å². The van der Waals surface area contributed by atoms with E-state index in [0.717, 1.165) is 57.8 Å². The molecule has 3 aliphatic carbocycles. The number of esters is 1. The fraction of sp³-hybridized carbons (Fsp3) is 0.639. The van der Waals surface area contributed by atoms with Crippen LogP contribution in [0.4, 0.5) is 17.6 Å². The summed E-state index contributed by atoms with van der Waals surface area (Å²) in [5, 5.41) is 0. The SMILES string of the molecule is CCCc1ccc(C2CCC(OC(=O)C3CCC(C4CCC(c5ccc(C6CO6)c(F)c5F)CC4)CC3)CC2)c(F)c1F. The van der Waals surface area contributed by atoms with E-state index in [9.17, 15) is 22.4 Å². The molecular formula is C36H44F4O3. The molecule has 6 rings (SSSR count). The predicted octanol–water partition coefficient (Wildman–Crippen LogP) is 9.62. The van der Waals surface area contributed by atoms with Crippen LogP contribution >= 0.6 is 0 Å².